The number of aromatic nitrogens is 2. The fourth-order valence-electron chi connectivity index (χ4n) is 4.88. The Morgan fingerprint density at radius 3 is 2.61 bits per heavy atom. The fraction of sp³-hybridized carbons (Fsp3) is 0.333. The van der Waals surface area contributed by atoms with E-state index in [9.17, 15) is 0 Å². The number of hydrogen-bond acceptors (Lipinski definition) is 4. The Labute approximate surface area is 187 Å². The van der Waals surface area contributed by atoms with E-state index in [-0.39, 0.29) is 18.9 Å². The molecule has 4 heterocycles. The van der Waals surface area contributed by atoms with Crippen LogP contribution in [-0.4, -0.2) is 21.5 Å². The maximum absolute atomic E-state index is 5.85. The first-order valence-electron chi connectivity index (χ1n) is 10.5. The average Bonchev–Trinajstić information content (AvgIpc) is 3.43. The highest BCUT2D eigenvalue weighted by atomic mass is 32.1. The number of nitrogens with zero attached hydrogens (tertiary/aromatic N) is 3. The van der Waals surface area contributed by atoms with E-state index in [4.69, 9.17) is 21.7 Å². The lowest BCUT2D eigenvalue weighted by molar-refractivity contribution is 0.174. The van der Waals surface area contributed by atoms with Gasteiger partial charge in [-0.05, 0) is 75.8 Å². The number of nitrogens with one attached hydrogen (secondary N) is 1. The van der Waals surface area contributed by atoms with Crippen LogP contribution in [0.1, 0.15) is 54.6 Å². The van der Waals surface area contributed by atoms with E-state index in [1.54, 1.807) is 0 Å². The molecule has 0 saturated carbocycles. The van der Waals surface area contributed by atoms with Crippen molar-refractivity contribution in [2.75, 3.05) is 11.7 Å². The Hall–Kier alpha value is -3.06. The lowest BCUT2D eigenvalue weighted by Gasteiger charge is -2.28. The van der Waals surface area contributed by atoms with Gasteiger partial charge in [0.15, 0.2) is 16.6 Å². The van der Waals surface area contributed by atoms with Crippen LogP contribution in [0.4, 0.5) is 5.69 Å². The highest BCUT2D eigenvalue weighted by Crippen LogP contribution is 2.45. The van der Waals surface area contributed by atoms with Crippen LogP contribution in [0.2, 0.25) is 0 Å². The van der Waals surface area contributed by atoms with Gasteiger partial charge in [-0.2, -0.15) is 0 Å². The first-order valence-corrected chi connectivity index (χ1v) is 10.9. The van der Waals surface area contributed by atoms with E-state index >= 15 is 0 Å². The standard InChI is InChI=1S/C24H26N4O2S/c1-14(2)27-15(3)11-18(16(27)4)23-22(19-7-5-6-10-25-19)26-24(31)28(23)17-8-9-20-21(12-17)30-13-29-20/h5-12,14,22-23H,13H2,1-4H3,(H,26,31)/t22-,23-/m0/s1. The number of pyridine rings is 1. The average molecular weight is 435 g/mol. The molecule has 2 aromatic heterocycles. The maximum atomic E-state index is 5.85. The summed E-state index contributed by atoms with van der Waals surface area (Å²) in [6.07, 6.45) is 1.83. The number of rotatable bonds is 4. The molecule has 5 rings (SSSR count). The predicted molar refractivity (Wildman–Crippen MR) is 125 cm³/mol. The van der Waals surface area contributed by atoms with Crippen LogP contribution in [0.5, 0.6) is 11.5 Å². The molecule has 160 valence electrons. The van der Waals surface area contributed by atoms with Gasteiger partial charge >= 0.3 is 0 Å². The number of hydrogen-bond donors (Lipinski definition) is 1. The Bertz CT molecular complexity index is 1140. The minimum atomic E-state index is -0.0692. The summed E-state index contributed by atoms with van der Waals surface area (Å²) < 4.78 is 13.5. The van der Waals surface area contributed by atoms with E-state index in [0.717, 1.165) is 22.9 Å². The first-order chi connectivity index (χ1) is 15.0. The summed E-state index contributed by atoms with van der Waals surface area (Å²) in [7, 11) is 0. The Kier molecular flexibility index (Phi) is 4.85. The number of fused-ring (bicyclic) bond motifs is 1. The summed E-state index contributed by atoms with van der Waals surface area (Å²) in [5.41, 5.74) is 5.67. The quantitative estimate of drug-likeness (QED) is 0.584. The van der Waals surface area contributed by atoms with Gasteiger partial charge in [-0.3, -0.25) is 4.98 Å². The Morgan fingerprint density at radius 2 is 1.90 bits per heavy atom. The minimum Gasteiger partial charge on any atom is -0.454 e. The van der Waals surface area contributed by atoms with Gasteiger partial charge in [-0.25, -0.2) is 0 Å². The van der Waals surface area contributed by atoms with Crippen molar-refractivity contribution in [3.05, 3.63) is 71.3 Å². The van der Waals surface area contributed by atoms with Crippen molar-refractivity contribution < 1.29 is 9.47 Å². The molecule has 3 aromatic rings. The van der Waals surface area contributed by atoms with Crippen LogP contribution in [0.25, 0.3) is 0 Å². The summed E-state index contributed by atoms with van der Waals surface area (Å²) in [6, 6.07) is 14.6. The largest absolute Gasteiger partial charge is 0.454 e. The van der Waals surface area contributed by atoms with Gasteiger partial charge in [0.05, 0.1) is 17.8 Å². The fourth-order valence-corrected chi connectivity index (χ4v) is 5.23. The van der Waals surface area contributed by atoms with Crippen molar-refractivity contribution in [2.24, 2.45) is 0 Å². The normalized spacial score (nSPS) is 19.9. The van der Waals surface area contributed by atoms with E-state index in [1.807, 2.05) is 36.5 Å². The lowest BCUT2D eigenvalue weighted by atomic mass is 9.96. The van der Waals surface area contributed by atoms with Gasteiger partial charge < -0.3 is 24.3 Å². The highest BCUT2D eigenvalue weighted by Gasteiger charge is 2.42. The van der Waals surface area contributed by atoms with Crippen molar-refractivity contribution in [3.63, 3.8) is 0 Å². The molecule has 2 atom stereocenters. The summed E-state index contributed by atoms with van der Waals surface area (Å²) >= 11 is 5.85. The summed E-state index contributed by atoms with van der Waals surface area (Å²) in [4.78, 5) is 6.83. The van der Waals surface area contributed by atoms with E-state index in [2.05, 4.69) is 59.6 Å². The van der Waals surface area contributed by atoms with Crippen LogP contribution in [-0.2, 0) is 0 Å². The Balaban J connectivity index is 1.66. The highest BCUT2D eigenvalue weighted by molar-refractivity contribution is 7.80. The zero-order valence-electron chi connectivity index (χ0n) is 18.1. The zero-order chi connectivity index (χ0) is 21.7. The molecule has 0 amide bonds. The summed E-state index contributed by atoms with van der Waals surface area (Å²) in [5.74, 6) is 1.51. The van der Waals surface area contributed by atoms with Crippen LogP contribution in [0.15, 0.2) is 48.7 Å². The molecule has 6 nitrogen and oxygen atoms in total. The molecule has 0 bridgehead atoms. The summed E-state index contributed by atoms with van der Waals surface area (Å²) in [6.45, 7) is 9.03. The van der Waals surface area contributed by atoms with Crippen molar-refractivity contribution in [2.45, 2.75) is 45.8 Å². The summed E-state index contributed by atoms with van der Waals surface area (Å²) in [5, 5.41) is 4.21. The van der Waals surface area contributed by atoms with E-state index in [0.29, 0.717) is 11.2 Å². The topological polar surface area (TPSA) is 51.6 Å². The molecule has 7 heteroatoms. The monoisotopic (exact) mass is 434 g/mol. The van der Waals surface area contributed by atoms with Crippen LogP contribution in [0, 0.1) is 13.8 Å². The minimum absolute atomic E-state index is 0.0403. The van der Waals surface area contributed by atoms with E-state index in [1.165, 1.54) is 17.0 Å². The van der Waals surface area contributed by atoms with E-state index < -0.39 is 0 Å². The van der Waals surface area contributed by atoms with Crippen molar-refractivity contribution >= 4 is 23.0 Å². The van der Waals surface area contributed by atoms with Gasteiger partial charge in [-0.1, -0.05) is 6.07 Å². The van der Waals surface area contributed by atoms with Gasteiger partial charge in [-0.15, -0.1) is 0 Å². The number of benzene rings is 1. The van der Waals surface area contributed by atoms with Crippen molar-refractivity contribution in [3.8, 4) is 11.5 Å². The third kappa shape index (κ3) is 3.24. The zero-order valence-corrected chi connectivity index (χ0v) is 18.9. The molecular formula is C24H26N4O2S. The second-order valence-corrected chi connectivity index (χ2v) is 8.71. The molecule has 1 saturated heterocycles. The molecule has 0 radical (unpaired) electrons. The second-order valence-electron chi connectivity index (χ2n) is 8.32. The molecule has 2 aliphatic heterocycles. The predicted octanol–water partition coefficient (Wildman–Crippen LogP) is 4.99. The molecule has 0 unspecified atom stereocenters. The van der Waals surface area contributed by atoms with Crippen LogP contribution >= 0.6 is 12.2 Å². The van der Waals surface area contributed by atoms with Crippen LogP contribution in [0.3, 0.4) is 0 Å². The van der Waals surface area contributed by atoms with Gasteiger partial charge in [0, 0.05) is 35.4 Å². The SMILES string of the molecule is Cc1cc([C@H]2[C@H](c3ccccn3)NC(=S)N2c2ccc3c(c2)OCO3)c(C)n1C(C)C. The molecule has 0 aliphatic carbocycles. The number of ether oxygens (including phenoxy) is 2. The van der Waals surface area contributed by atoms with Crippen molar-refractivity contribution in [1.29, 1.82) is 0 Å². The van der Waals surface area contributed by atoms with Gasteiger partial charge in [0.1, 0.15) is 0 Å². The molecule has 1 fully saturated rings. The first kappa shape index (κ1) is 19.9. The van der Waals surface area contributed by atoms with Gasteiger partial charge in [0.25, 0.3) is 0 Å². The molecule has 31 heavy (non-hydrogen) atoms. The number of aryl methyl sites for hydroxylation is 1. The number of thiocarbonyl (C=S) groups is 1. The third-order valence-corrected chi connectivity index (χ3v) is 6.41. The molecule has 1 aromatic carbocycles. The van der Waals surface area contributed by atoms with Gasteiger partial charge in [0.2, 0.25) is 6.79 Å². The lowest BCUT2D eigenvalue weighted by Crippen LogP contribution is -2.29. The second kappa shape index (κ2) is 7.57. The van der Waals surface area contributed by atoms with Crippen LogP contribution < -0.4 is 19.7 Å². The molecular weight excluding hydrogens is 408 g/mol. The van der Waals surface area contributed by atoms with Crippen molar-refractivity contribution in [1.82, 2.24) is 14.9 Å². The smallest absolute Gasteiger partial charge is 0.231 e. The molecule has 0 spiro atoms. The Morgan fingerprint density at radius 1 is 1.10 bits per heavy atom. The third-order valence-electron chi connectivity index (χ3n) is 6.09. The molecule has 2 aliphatic rings. The number of anilines is 1. The molecule has 1 N–H and O–H groups in total. The maximum Gasteiger partial charge on any atom is 0.231 e.